The van der Waals surface area contributed by atoms with Crippen LogP contribution in [0.15, 0.2) is 29.4 Å². The lowest BCUT2D eigenvalue weighted by molar-refractivity contribution is -0.111. The largest absolute Gasteiger partial charge is 0.410 e. The quantitative estimate of drug-likeness (QED) is 0.425. The second kappa shape index (κ2) is 3.85. The van der Waals surface area contributed by atoms with Crippen LogP contribution in [-0.4, -0.2) is 16.7 Å². The molecule has 0 fully saturated rings. The lowest BCUT2D eigenvalue weighted by Gasteiger charge is -2.03. The zero-order chi connectivity index (χ0) is 9.84. The fraction of sp³-hybridized carbons (Fsp3) is 0.200. The van der Waals surface area contributed by atoms with Crippen molar-refractivity contribution in [2.45, 2.75) is 13.8 Å². The molecule has 13 heavy (non-hydrogen) atoms. The van der Waals surface area contributed by atoms with Gasteiger partial charge in [-0.2, -0.15) is 0 Å². The summed E-state index contributed by atoms with van der Waals surface area (Å²) in [5.74, 6) is -0.239. The topological polar surface area (TPSA) is 49.7 Å². The standard InChI is InChI=1S/C10H11NO2/c1-7-5-3-4-6-9(7)10(11-13)8(2)12/h3-6,13H,1-2H3/b11-10-. The molecular formula is C10H11NO2. The van der Waals surface area contributed by atoms with Crippen molar-refractivity contribution >= 4 is 11.5 Å². The Bertz CT molecular complexity index is 356. The molecule has 0 aromatic heterocycles. The maximum Gasteiger partial charge on any atom is 0.182 e. The second-order valence-corrected chi connectivity index (χ2v) is 2.82. The number of Topliss-reactive ketones (excluding diaryl/α,β-unsaturated/α-hetero) is 1. The van der Waals surface area contributed by atoms with Crippen LogP contribution in [0, 0.1) is 6.92 Å². The van der Waals surface area contributed by atoms with Crippen molar-refractivity contribution < 1.29 is 10.0 Å². The van der Waals surface area contributed by atoms with Crippen molar-refractivity contribution in [3.8, 4) is 0 Å². The molecule has 0 atom stereocenters. The van der Waals surface area contributed by atoms with Crippen molar-refractivity contribution in [2.24, 2.45) is 5.16 Å². The Morgan fingerprint density at radius 1 is 1.38 bits per heavy atom. The van der Waals surface area contributed by atoms with Crippen LogP contribution >= 0.6 is 0 Å². The highest BCUT2D eigenvalue weighted by Crippen LogP contribution is 2.08. The number of aryl methyl sites for hydroxylation is 1. The lowest BCUT2D eigenvalue weighted by atomic mass is 10.0. The molecule has 1 rings (SSSR count). The normalized spacial score (nSPS) is 11.4. The van der Waals surface area contributed by atoms with E-state index >= 15 is 0 Å². The number of oxime groups is 1. The summed E-state index contributed by atoms with van der Waals surface area (Å²) in [5.41, 5.74) is 1.71. The van der Waals surface area contributed by atoms with Crippen molar-refractivity contribution in [1.29, 1.82) is 0 Å². The molecule has 0 amide bonds. The summed E-state index contributed by atoms with van der Waals surface area (Å²) >= 11 is 0. The first-order valence-electron chi connectivity index (χ1n) is 3.96. The van der Waals surface area contributed by atoms with E-state index in [0.717, 1.165) is 5.56 Å². The average Bonchev–Trinajstić information content (AvgIpc) is 2.09. The molecule has 0 radical (unpaired) electrons. The molecule has 0 spiro atoms. The van der Waals surface area contributed by atoms with E-state index < -0.39 is 0 Å². The van der Waals surface area contributed by atoms with E-state index in [1.807, 2.05) is 19.1 Å². The smallest absolute Gasteiger partial charge is 0.182 e. The summed E-state index contributed by atoms with van der Waals surface area (Å²) < 4.78 is 0. The van der Waals surface area contributed by atoms with Gasteiger partial charge in [-0.05, 0) is 12.5 Å². The molecule has 0 aliphatic carbocycles. The minimum Gasteiger partial charge on any atom is -0.410 e. The van der Waals surface area contributed by atoms with Gasteiger partial charge in [-0.15, -0.1) is 0 Å². The van der Waals surface area contributed by atoms with E-state index in [-0.39, 0.29) is 11.5 Å². The molecule has 1 aromatic rings. The summed E-state index contributed by atoms with van der Waals surface area (Å²) in [4.78, 5) is 11.0. The minimum absolute atomic E-state index is 0.109. The van der Waals surface area contributed by atoms with E-state index in [4.69, 9.17) is 5.21 Å². The van der Waals surface area contributed by atoms with Gasteiger partial charge in [0.05, 0.1) is 0 Å². The summed E-state index contributed by atoms with van der Waals surface area (Å²) in [6.07, 6.45) is 0. The monoisotopic (exact) mass is 177 g/mol. The van der Waals surface area contributed by atoms with Crippen molar-refractivity contribution in [3.05, 3.63) is 35.4 Å². The Labute approximate surface area is 76.7 Å². The third kappa shape index (κ3) is 1.93. The number of benzene rings is 1. The Balaban J connectivity index is 3.21. The van der Waals surface area contributed by atoms with Gasteiger partial charge in [0.1, 0.15) is 0 Å². The molecule has 0 aliphatic heterocycles. The number of hydrogen-bond donors (Lipinski definition) is 1. The zero-order valence-corrected chi connectivity index (χ0v) is 7.61. The predicted molar refractivity (Wildman–Crippen MR) is 50.2 cm³/mol. The summed E-state index contributed by atoms with van der Waals surface area (Å²) in [6.45, 7) is 3.24. The molecule has 0 saturated carbocycles. The highest BCUT2D eigenvalue weighted by atomic mass is 16.4. The highest BCUT2D eigenvalue weighted by molar-refractivity contribution is 6.45. The number of hydrogen-bond acceptors (Lipinski definition) is 3. The molecule has 3 heteroatoms. The fourth-order valence-corrected chi connectivity index (χ4v) is 1.15. The molecule has 0 unspecified atom stereocenters. The van der Waals surface area contributed by atoms with Gasteiger partial charge in [0.25, 0.3) is 0 Å². The van der Waals surface area contributed by atoms with Crippen LogP contribution in [0.2, 0.25) is 0 Å². The number of carbonyl (C=O) groups excluding carboxylic acids is 1. The molecule has 3 nitrogen and oxygen atoms in total. The molecule has 68 valence electrons. The molecule has 0 heterocycles. The van der Waals surface area contributed by atoms with Gasteiger partial charge in [-0.25, -0.2) is 0 Å². The van der Waals surface area contributed by atoms with Gasteiger partial charge < -0.3 is 5.21 Å². The van der Waals surface area contributed by atoms with Gasteiger partial charge in [0, 0.05) is 12.5 Å². The van der Waals surface area contributed by atoms with Crippen LogP contribution in [0.4, 0.5) is 0 Å². The van der Waals surface area contributed by atoms with Gasteiger partial charge >= 0.3 is 0 Å². The Hall–Kier alpha value is -1.64. The van der Waals surface area contributed by atoms with Crippen LogP contribution < -0.4 is 0 Å². The molecule has 1 N–H and O–H groups in total. The van der Waals surface area contributed by atoms with Crippen LogP contribution in [0.5, 0.6) is 0 Å². The minimum atomic E-state index is -0.239. The summed E-state index contributed by atoms with van der Waals surface area (Å²) in [5, 5.41) is 11.6. The van der Waals surface area contributed by atoms with Crippen molar-refractivity contribution in [1.82, 2.24) is 0 Å². The van der Waals surface area contributed by atoms with E-state index in [1.54, 1.807) is 12.1 Å². The van der Waals surface area contributed by atoms with Gasteiger partial charge in [0.2, 0.25) is 0 Å². The first kappa shape index (κ1) is 9.45. The van der Waals surface area contributed by atoms with Crippen LogP contribution in [0.1, 0.15) is 18.1 Å². The number of ketones is 1. The summed E-state index contributed by atoms with van der Waals surface area (Å²) in [6, 6.07) is 7.29. The summed E-state index contributed by atoms with van der Waals surface area (Å²) in [7, 11) is 0. The van der Waals surface area contributed by atoms with Crippen molar-refractivity contribution in [2.75, 3.05) is 0 Å². The third-order valence-corrected chi connectivity index (χ3v) is 1.83. The number of rotatable bonds is 2. The zero-order valence-electron chi connectivity index (χ0n) is 7.61. The van der Waals surface area contributed by atoms with E-state index in [2.05, 4.69) is 5.16 Å². The first-order valence-corrected chi connectivity index (χ1v) is 3.96. The molecule has 0 aliphatic rings. The predicted octanol–water partition coefficient (Wildman–Crippen LogP) is 1.76. The van der Waals surface area contributed by atoms with Crippen LogP contribution in [-0.2, 0) is 4.79 Å². The van der Waals surface area contributed by atoms with Gasteiger partial charge in [0.15, 0.2) is 11.5 Å². The average molecular weight is 177 g/mol. The van der Waals surface area contributed by atoms with E-state index in [9.17, 15) is 4.79 Å². The molecular weight excluding hydrogens is 166 g/mol. The number of nitrogens with zero attached hydrogens (tertiary/aromatic N) is 1. The Morgan fingerprint density at radius 3 is 2.46 bits per heavy atom. The molecule has 0 bridgehead atoms. The maximum atomic E-state index is 11.0. The van der Waals surface area contributed by atoms with Crippen LogP contribution in [0.3, 0.4) is 0 Å². The maximum absolute atomic E-state index is 11.0. The number of carbonyl (C=O) groups is 1. The second-order valence-electron chi connectivity index (χ2n) is 2.82. The molecule has 0 saturated heterocycles. The van der Waals surface area contributed by atoms with Gasteiger partial charge in [-0.1, -0.05) is 29.4 Å². The highest BCUT2D eigenvalue weighted by Gasteiger charge is 2.11. The Kier molecular flexibility index (Phi) is 2.80. The Morgan fingerprint density at radius 2 is 2.00 bits per heavy atom. The SMILES string of the molecule is CC(=O)/C(=N/O)c1ccccc1C. The first-order chi connectivity index (χ1) is 6.16. The molecule has 1 aromatic carbocycles. The van der Waals surface area contributed by atoms with Crippen LogP contribution in [0.25, 0.3) is 0 Å². The fourth-order valence-electron chi connectivity index (χ4n) is 1.15. The van der Waals surface area contributed by atoms with E-state index in [0.29, 0.717) is 5.56 Å². The lowest BCUT2D eigenvalue weighted by Crippen LogP contribution is -2.12. The van der Waals surface area contributed by atoms with Gasteiger partial charge in [-0.3, -0.25) is 4.79 Å². The van der Waals surface area contributed by atoms with Crippen molar-refractivity contribution in [3.63, 3.8) is 0 Å². The van der Waals surface area contributed by atoms with E-state index in [1.165, 1.54) is 6.92 Å². The third-order valence-electron chi connectivity index (χ3n) is 1.83.